The normalized spacial score (nSPS) is 15.9. The molecule has 1 fully saturated rings. The van der Waals surface area contributed by atoms with Crippen molar-refractivity contribution in [2.45, 2.75) is 32.9 Å². The Morgan fingerprint density at radius 2 is 1.74 bits per heavy atom. The molecule has 0 amide bonds. The largest absolute Gasteiger partial charge is 0.416 e. The number of pyridine rings is 1. The van der Waals surface area contributed by atoms with Crippen molar-refractivity contribution < 1.29 is 13.2 Å². The van der Waals surface area contributed by atoms with Crippen molar-refractivity contribution in [3.05, 3.63) is 41.3 Å². The predicted octanol–water partition coefficient (Wildman–Crippen LogP) is 3.86. The van der Waals surface area contributed by atoms with Crippen LogP contribution < -0.4 is 9.80 Å². The lowest BCUT2D eigenvalue weighted by Gasteiger charge is -2.34. The Balaban J connectivity index is 1.59. The molecule has 146 valence electrons. The van der Waals surface area contributed by atoms with Crippen LogP contribution in [0.2, 0.25) is 0 Å². The molecule has 0 aromatic carbocycles. The van der Waals surface area contributed by atoms with Crippen LogP contribution in [0.1, 0.15) is 29.8 Å². The van der Waals surface area contributed by atoms with Crippen LogP contribution >= 0.6 is 0 Å². The second-order valence-electron chi connectivity index (χ2n) is 7.16. The lowest BCUT2D eigenvalue weighted by molar-refractivity contribution is -0.137. The Labute approximate surface area is 157 Å². The van der Waals surface area contributed by atoms with E-state index in [0.29, 0.717) is 18.3 Å². The molecular formula is C19H24F3N5. The number of halogens is 3. The molecule has 1 saturated heterocycles. The van der Waals surface area contributed by atoms with E-state index < -0.39 is 11.7 Å². The summed E-state index contributed by atoms with van der Waals surface area (Å²) >= 11 is 0. The number of aromatic nitrogens is 3. The number of piperidine rings is 1. The highest BCUT2D eigenvalue weighted by Gasteiger charge is 2.31. The molecule has 0 saturated carbocycles. The summed E-state index contributed by atoms with van der Waals surface area (Å²) in [7, 11) is 1.79. The first-order chi connectivity index (χ1) is 12.7. The van der Waals surface area contributed by atoms with Crippen LogP contribution in [0.5, 0.6) is 0 Å². The third kappa shape index (κ3) is 4.87. The fourth-order valence-corrected chi connectivity index (χ4v) is 3.45. The number of rotatable bonds is 4. The smallest absolute Gasteiger partial charge is 0.359 e. The first-order valence-electron chi connectivity index (χ1n) is 9.04. The van der Waals surface area contributed by atoms with Crippen LogP contribution in [0.3, 0.4) is 0 Å². The monoisotopic (exact) mass is 379 g/mol. The first-order valence-corrected chi connectivity index (χ1v) is 9.04. The van der Waals surface area contributed by atoms with Gasteiger partial charge in [-0.25, -0.2) is 15.0 Å². The van der Waals surface area contributed by atoms with Gasteiger partial charge in [0, 0.05) is 44.3 Å². The molecule has 3 heterocycles. The van der Waals surface area contributed by atoms with Gasteiger partial charge >= 0.3 is 6.18 Å². The summed E-state index contributed by atoms with van der Waals surface area (Å²) in [6.07, 6.45) is -1.25. The summed E-state index contributed by atoms with van der Waals surface area (Å²) in [5.74, 6) is 1.51. The van der Waals surface area contributed by atoms with Gasteiger partial charge in [0.05, 0.1) is 5.56 Å². The molecule has 0 atom stereocenters. The molecule has 5 nitrogen and oxygen atoms in total. The zero-order valence-electron chi connectivity index (χ0n) is 15.8. The van der Waals surface area contributed by atoms with Gasteiger partial charge in [0.2, 0.25) is 5.95 Å². The van der Waals surface area contributed by atoms with Crippen LogP contribution in [0.25, 0.3) is 0 Å². The van der Waals surface area contributed by atoms with E-state index in [0.717, 1.165) is 55.4 Å². The molecule has 0 N–H and O–H groups in total. The Kier molecular flexibility index (Phi) is 5.53. The van der Waals surface area contributed by atoms with E-state index in [2.05, 4.69) is 19.9 Å². The van der Waals surface area contributed by atoms with E-state index in [1.807, 2.05) is 24.8 Å². The van der Waals surface area contributed by atoms with Gasteiger partial charge in [0.15, 0.2) is 0 Å². The maximum atomic E-state index is 12.9. The standard InChI is InChI=1S/C19H24F3N5/c1-13-10-14(2)25-18(24-13)27-8-5-15(6-9-27)12-26(3)17-11-16(4-7-23-17)19(20,21)22/h4,7,10-11,15H,5-6,8-9,12H2,1-3H3. The van der Waals surface area contributed by atoms with E-state index in [9.17, 15) is 13.2 Å². The molecule has 2 aromatic rings. The molecular weight excluding hydrogens is 355 g/mol. The van der Waals surface area contributed by atoms with Crippen LogP contribution in [0, 0.1) is 19.8 Å². The first kappa shape index (κ1) is 19.4. The van der Waals surface area contributed by atoms with Gasteiger partial charge in [-0.05, 0) is 50.8 Å². The summed E-state index contributed by atoms with van der Waals surface area (Å²) in [5.41, 5.74) is 1.24. The molecule has 27 heavy (non-hydrogen) atoms. The summed E-state index contributed by atoms with van der Waals surface area (Å²) in [5, 5.41) is 0. The minimum atomic E-state index is -4.35. The topological polar surface area (TPSA) is 45.2 Å². The number of hydrogen-bond acceptors (Lipinski definition) is 5. The van der Waals surface area contributed by atoms with Crippen LogP contribution in [0.4, 0.5) is 24.9 Å². The Hall–Kier alpha value is -2.38. The van der Waals surface area contributed by atoms with Gasteiger partial charge in [-0.3, -0.25) is 0 Å². The molecule has 0 radical (unpaired) electrons. The van der Waals surface area contributed by atoms with Crippen molar-refractivity contribution in [3.63, 3.8) is 0 Å². The zero-order chi connectivity index (χ0) is 19.6. The molecule has 0 unspecified atom stereocenters. The number of anilines is 2. The highest BCUT2D eigenvalue weighted by atomic mass is 19.4. The number of alkyl halides is 3. The van der Waals surface area contributed by atoms with Crippen LogP contribution in [-0.2, 0) is 6.18 Å². The zero-order valence-corrected chi connectivity index (χ0v) is 15.8. The molecule has 1 aliphatic rings. The van der Waals surface area contributed by atoms with E-state index in [-0.39, 0.29) is 0 Å². The Bertz CT molecular complexity index is 765. The van der Waals surface area contributed by atoms with Gasteiger partial charge in [0.1, 0.15) is 5.82 Å². The van der Waals surface area contributed by atoms with Crippen LogP contribution in [-0.4, -0.2) is 41.6 Å². The van der Waals surface area contributed by atoms with Crippen molar-refractivity contribution >= 4 is 11.8 Å². The van der Waals surface area contributed by atoms with E-state index in [1.54, 1.807) is 7.05 Å². The SMILES string of the molecule is Cc1cc(C)nc(N2CCC(CN(C)c3cc(C(F)(F)F)ccn3)CC2)n1. The molecule has 3 rings (SSSR count). The Morgan fingerprint density at radius 3 is 2.33 bits per heavy atom. The van der Waals surface area contributed by atoms with Crippen molar-refractivity contribution in [2.75, 3.05) is 36.5 Å². The molecule has 0 bridgehead atoms. The summed E-state index contributed by atoms with van der Waals surface area (Å²) in [4.78, 5) is 17.1. The number of aryl methyl sites for hydroxylation is 2. The second-order valence-corrected chi connectivity index (χ2v) is 7.16. The third-order valence-electron chi connectivity index (χ3n) is 4.86. The lowest BCUT2D eigenvalue weighted by Crippen LogP contribution is -2.39. The fourth-order valence-electron chi connectivity index (χ4n) is 3.45. The summed E-state index contributed by atoms with van der Waals surface area (Å²) in [6.45, 7) is 6.29. The Morgan fingerprint density at radius 1 is 1.11 bits per heavy atom. The number of hydrogen-bond donors (Lipinski definition) is 0. The minimum absolute atomic E-state index is 0.352. The minimum Gasteiger partial charge on any atom is -0.359 e. The maximum Gasteiger partial charge on any atom is 0.416 e. The molecule has 0 spiro atoms. The maximum absolute atomic E-state index is 12.9. The summed E-state index contributed by atoms with van der Waals surface area (Å²) in [6, 6.07) is 4.06. The van der Waals surface area contributed by atoms with E-state index in [1.165, 1.54) is 6.20 Å². The third-order valence-corrected chi connectivity index (χ3v) is 4.86. The van der Waals surface area contributed by atoms with Gasteiger partial charge in [-0.2, -0.15) is 13.2 Å². The van der Waals surface area contributed by atoms with E-state index >= 15 is 0 Å². The van der Waals surface area contributed by atoms with E-state index in [4.69, 9.17) is 0 Å². The highest BCUT2D eigenvalue weighted by Crippen LogP contribution is 2.31. The van der Waals surface area contributed by atoms with Gasteiger partial charge in [0.25, 0.3) is 0 Å². The second kappa shape index (κ2) is 7.70. The lowest BCUT2D eigenvalue weighted by atomic mass is 9.96. The van der Waals surface area contributed by atoms with Crippen LogP contribution in [0.15, 0.2) is 24.4 Å². The van der Waals surface area contributed by atoms with Crippen molar-refractivity contribution in [1.29, 1.82) is 0 Å². The molecule has 1 aliphatic heterocycles. The summed E-state index contributed by atoms with van der Waals surface area (Å²) < 4.78 is 38.7. The fraction of sp³-hybridized carbons (Fsp3) is 0.526. The number of nitrogens with zero attached hydrogens (tertiary/aromatic N) is 5. The average Bonchev–Trinajstić information content (AvgIpc) is 2.61. The molecule has 8 heteroatoms. The van der Waals surface area contributed by atoms with Crippen molar-refractivity contribution in [1.82, 2.24) is 15.0 Å². The van der Waals surface area contributed by atoms with Gasteiger partial charge in [-0.15, -0.1) is 0 Å². The predicted molar refractivity (Wildman–Crippen MR) is 99.0 cm³/mol. The van der Waals surface area contributed by atoms with Crippen molar-refractivity contribution in [2.24, 2.45) is 5.92 Å². The molecule has 2 aromatic heterocycles. The van der Waals surface area contributed by atoms with Crippen molar-refractivity contribution in [3.8, 4) is 0 Å². The van der Waals surface area contributed by atoms with Gasteiger partial charge < -0.3 is 9.80 Å². The quantitative estimate of drug-likeness (QED) is 0.807. The van der Waals surface area contributed by atoms with Gasteiger partial charge in [-0.1, -0.05) is 0 Å². The average molecular weight is 379 g/mol. The molecule has 0 aliphatic carbocycles. The highest BCUT2D eigenvalue weighted by molar-refractivity contribution is 5.41.